The number of rotatable bonds is 8. The second-order valence-electron chi connectivity index (χ2n) is 7.05. The predicted molar refractivity (Wildman–Crippen MR) is 132 cm³/mol. The highest BCUT2D eigenvalue weighted by Gasteiger charge is 2.14. The van der Waals surface area contributed by atoms with Gasteiger partial charge in [-0.15, -0.1) is 0 Å². The maximum absolute atomic E-state index is 12.2. The molecular formula is C25H23ClN4O4. The first-order valence-electron chi connectivity index (χ1n) is 10.5. The molecule has 0 aromatic heterocycles. The molecule has 0 radical (unpaired) electrons. The molecule has 0 spiro atoms. The van der Waals surface area contributed by atoms with Crippen molar-refractivity contribution in [1.82, 2.24) is 5.43 Å². The van der Waals surface area contributed by atoms with Gasteiger partial charge in [-0.1, -0.05) is 48.9 Å². The summed E-state index contributed by atoms with van der Waals surface area (Å²) < 4.78 is 5.58. The highest BCUT2D eigenvalue weighted by molar-refractivity contribution is 6.39. The molecule has 0 unspecified atom stereocenters. The van der Waals surface area contributed by atoms with Crippen molar-refractivity contribution < 1.29 is 19.1 Å². The van der Waals surface area contributed by atoms with Gasteiger partial charge in [-0.2, -0.15) is 5.10 Å². The van der Waals surface area contributed by atoms with Crippen molar-refractivity contribution in [2.75, 3.05) is 17.2 Å². The van der Waals surface area contributed by atoms with Gasteiger partial charge in [0.05, 0.1) is 6.21 Å². The molecule has 34 heavy (non-hydrogen) atoms. The van der Waals surface area contributed by atoms with Crippen LogP contribution in [0.5, 0.6) is 5.75 Å². The molecule has 174 valence electrons. The van der Waals surface area contributed by atoms with Gasteiger partial charge < -0.3 is 15.4 Å². The van der Waals surface area contributed by atoms with Crippen LogP contribution in [0.25, 0.3) is 0 Å². The van der Waals surface area contributed by atoms with Crippen molar-refractivity contribution in [3.63, 3.8) is 0 Å². The third-order valence-corrected chi connectivity index (χ3v) is 4.88. The van der Waals surface area contributed by atoms with E-state index in [0.29, 0.717) is 34.1 Å². The van der Waals surface area contributed by atoms with Gasteiger partial charge in [-0.05, 0) is 54.4 Å². The zero-order chi connectivity index (χ0) is 24.3. The molecule has 0 heterocycles. The average molecular weight is 479 g/mol. The van der Waals surface area contributed by atoms with E-state index in [1.807, 2.05) is 19.1 Å². The zero-order valence-electron chi connectivity index (χ0n) is 18.4. The van der Waals surface area contributed by atoms with Crippen molar-refractivity contribution in [2.45, 2.75) is 13.3 Å². The Morgan fingerprint density at radius 2 is 1.62 bits per heavy atom. The molecule has 0 saturated heterocycles. The number of hydrogen-bond acceptors (Lipinski definition) is 5. The number of ether oxygens (including phenoxy) is 1. The number of para-hydroxylation sites is 2. The molecule has 3 amide bonds. The summed E-state index contributed by atoms with van der Waals surface area (Å²) in [5, 5.41) is 9.68. The minimum absolute atomic E-state index is 0.237. The van der Waals surface area contributed by atoms with Gasteiger partial charge in [0.15, 0.2) is 6.61 Å². The van der Waals surface area contributed by atoms with Crippen LogP contribution < -0.4 is 20.8 Å². The Labute approximate surface area is 202 Å². The summed E-state index contributed by atoms with van der Waals surface area (Å²) in [6.45, 7) is 1.72. The molecular weight excluding hydrogens is 456 g/mol. The van der Waals surface area contributed by atoms with Crippen molar-refractivity contribution >= 4 is 46.9 Å². The summed E-state index contributed by atoms with van der Waals surface area (Å²) in [6, 6.07) is 20.8. The predicted octanol–water partition coefficient (Wildman–Crippen LogP) is 4.01. The van der Waals surface area contributed by atoms with Crippen molar-refractivity contribution in [2.24, 2.45) is 5.10 Å². The van der Waals surface area contributed by atoms with Crippen LogP contribution in [0.3, 0.4) is 0 Å². The molecule has 3 rings (SSSR count). The standard InChI is InChI=1S/C25H23ClN4O4/c1-2-17-7-3-5-9-21(17)29-24(32)25(33)30-27-15-18-8-4-6-10-22(18)34-16-23(31)28-20-13-11-19(26)12-14-20/h3-15H,2,16H2,1H3,(H,28,31)(H,29,32)(H,30,33)/b27-15-. The van der Waals surface area contributed by atoms with E-state index in [9.17, 15) is 14.4 Å². The number of benzene rings is 3. The fraction of sp³-hybridized carbons (Fsp3) is 0.120. The lowest BCUT2D eigenvalue weighted by molar-refractivity contribution is -0.136. The van der Waals surface area contributed by atoms with Crippen LogP contribution >= 0.6 is 11.6 Å². The van der Waals surface area contributed by atoms with Gasteiger partial charge in [0.2, 0.25) is 0 Å². The minimum Gasteiger partial charge on any atom is -0.483 e. The van der Waals surface area contributed by atoms with Crippen LogP contribution in [-0.2, 0) is 20.8 Å². The van der Waals surface area contributed by atoms with Gasteiger partial charge in [0, 0.05) is 22.0 Å². The Bertz CT molecular complexity index is 1200. The fourth-order valence-electron chi connectivity index (χ4n) is 2.93. The van der Waals surface area contributed by atoms with Gasteiger partial charge >= 0.3 is 11.8 Å². The molecule has 0 atom stereocenters. The van der Waals surface area contributed by atoms with Crippen LogP contribution in [0.1, 0.15) is 18.1 Å². The zero-order valence-corrected chi connectivity index (χ0v) is 19.1. The van der Waals surface area contributed by atoms with E-state index in [1.54, 1.807) is 60.7 Å². The number of carbonyl (C=O) groups is 3. The van der Waals surface area contributed by atoms with Crippen LogP contribution in [0.4, 0.5) is 11.4 Å². The molecule has 0 bridgehead atoms. The first-order chi connectivity index (χ1) is 16.5. The summed E-state index contributed by atoms with van der Waals surface area (Å²) in [6.07, 6.45) is 2.04. The molecule has 0 aliphatic heterocycles. The lowest BCUT2D eigenvalue weighted by Gasteiger charge is -2.10. The van der Waals surface area contributed by atoms with E-state index in [4.69, 9.17) is 16.3 Å². The normalized spacial score (nSPS) is 10.5. The van der Waals surface area contributed by atoms with E-state index in [0.717, 1.165) is 5.56 Å². The average Bonchev–Trinajstić information content (AvgIpc) is 2.85. The Kier molecular flexibility index (Phi) is 8.76. The molecule has 0 aliphatic rings. The summed E-state index contributed by atoms with van der Waals surface area (Å²) in [5.74, 6) is -1.72. The molecule has 0 fully saturated rings. The molecule has 0 saturated carbocycles. The quantitative estimate of drug-likeness (QED) is 0.258. The summed E-state index contributed by atoms with van der Waals surface area (Å²) >= 11 is 5.84. The number of nitrogens with one attached hydrogen (secondary N) is 3. The molecule has 8 nitrogen and oxygen atoms in total. The number of nitrogens with zero attached hydrogens (tertiary/aromatic N) is 1. The lowest BCUT2D eigenvalue weighted by atomic mass is 10.1. The summed E-state index contributed by atoms with van der Waals surface area (Å²) in [5.41, 5.74) is 4.79. The molecule has 9 heteroatoms. The molecule has 0 aliphatic carbocycles. The lowest BCUT2D eigenvalue weighted by Crippen LogP contribution is -2.32. The third-order valence-electron chi connectivity index (χ3n) is 4.63. The van der Waals surface area contributed by atoms with Crippen LogP contribution in [-0.4, -0.2) is 30.5 Å². The smallest absolute Gasteiger partial charge is 0.329 e. The van der Waals surface area contributed by atoms with Crippen molar-refractivity contribution in [3.8, 4) is 5.75 Å². The Hall–Kier alpha value is -4.17. The van der Waals surface area contributed by atoms with Crippen LogP contribution in [0.15, 0.2) is 77.9 Å². The van der Waals surface area contributed by atoms with Gasteiger partial charge in [-0.3, -0.25) is 14.4 Å². The number of carbonyl (C=O) groups excluding carboxylic acids is 3. The van der Waals surface area contributed by atoms with Gasteiger partial charge in [0.25, 0.3) is 5.91 Å². The fourth-order valence-corrected chi connectivity index (χ4v) is 3.06. The second kappa shape index (κ2) is 12.2. The second-order valence-corrected chi connectivity index (χ2v) is 7.48. The minimum atomic E-state index is -0.914. The number of amides is 3. The number of halogens is 1. The Morgan fingerprint density at radius 1 is 0.912 bits per heavy atom. The third kappa shape index (κ3) is 7.18. The Morgan fingerprint density at radius 3 is 2.38 bits per heavy atom. The van der Waals surface area contributed by atoms with E-state index < -0.39 is 11.8 Å². The van der Waals surface area contributed by atoms with Crippen LogP contribution in [0, 0.1) is 0 Å². The number of anilines is 2. The number of hydrazone groups is 1. The first-order valence-corrected chi connectivity index (χ1v) is 10.8. The monoisotopic (exact) mass is 478 g/mol. The first kappa shape index (κ1) is 24.5. The molecule has 3 N–H and O–H groups in total. The van der Waals surface area contributed by atoms with Crippen LogP contribution in [0.2, 0.25) is 5.02 Å². The largest absolute Gasteiger partial charge is 0.483 e. The number of hydrogen-bond donors (Lipinski definition) is 3. The van der Waals surface area contributed by atoms with E-state index in [2.05, 4.69) is 21.2 Å². The Balaban J connectivity index is 1.54. The van der Waals surface area contributed by atoms with Crippen molar-refractivity contribution in [1.29, 1.82) is 0 Å². The molecule has 3 aromatic carbocycles. The highest BCUT2D eigenvalue weighted by Crippen LogP contribution is 2.17. The maximum Gasteiger partial charge on any atom is 0.329 e. The van der Waals surface area contributed by atoms with Gasteiger partial charge in [-0.25, -0.2) is 5.43 Å². The molecule has 3 aromatic rings. The topological polar surface area (TPSA) is 109 Å². The SMILES string of the molecule is CCc1ccccc1NC(=O)C(=O)N/N=C\c1ccccc1OCC(=O)Nc1ccc(Cl)cc1. The van der Waals surface area contributed by atoms with E-state index in [-0.39, 0.29) is 12.5 Å². The highest BCUT2D eigenvalue weighted by atomic mass is 35.5. The van der Waals surface area contributed by atoms with E-state index in [1.165, 1.54) is 6.21 Å². The summed E-state index contributed by atoms with van der Waals surface area (Å²) in [7, 11) is 0. The van der Waals surface area contributed by atoms with Gasteiger partial charge in [0.1, 0.15) is 5.75 Å². The van der Waals surface area contributed by atoms with Crippen molar-refractivity contribution in [3.05, 3.63) is 88.9 Å². The maximum atomic E-state index is 12.2. The summed E-state index contributed by atoms with van der Waals surface area (Å²) in [4.78, 5) is 36.4. The number of aryl methyl sites for hydroxylation is 1. The van der Waals surface area contributed by atoms with E-state index >= 15 is 0 Å².